The summed E-state index contributed by atoms with van der Waals surface area (Å²) in [6, 6.07) is 2.10. The van der Waals surface area contributed by atoms with Crippen LogP contribution in [0, 0.1) is 0 Å². The van der Waals surface area contributed by atoms with Gasteiger partial charge in [0.2, 0.25) is 0 Å². The third kappa shape index (κ3) is 3.91. The first-order valence-corrected chi connectivity index (χ1v) is 10.2. The summed E-state index contributed by atoms with van der Waals surface area (Å²) in [6.45, 7) is 1.16. The van der Waals surface area contributed by atoms with E-state index >= 15 is 0 Å². The number of fused-ring (bicyclic) bond motifs is 1. The lowest BCUT2D eigenvalue weighted by Gasteiger charge is -2.30. The third-order valence-electron chi connectivity index (χ3n) is 4.53. The molecule has 1 aliphatic carbocycles. The Morgan fingerprint density at radius 3 is 2.78 bits per heavy atom. The predicted molar refractivity (Wildman–Crippen MR) is 94.4 cm³/mol. The Morgan fingerprint density at radius 1 is 1.22 bits per heavy atom. The molecule has 2 heterocycles. The van der Waals surface area contributed by atoms with Crippen molar-refractivity contribution in [1.29, 1.82) is 0 Å². The molecule has 4 nitrogen and oxygen atoms in total. The fourth-order valence-electron chi connectivity index (χ4n) is 3.21. The highest BCUT2D eigenvalue weighted by Crippen LogP contribution is 2.30. The molecule has 6 heteroatoms. The number of hydrogen-bond donors (Lipinski definition) is 0. The van der Waals surface area contributed by atoms with Crippen LogP contribution in [0.4, 0.5) is 0 Å². The number of rotatable bonds is 2. The van der Waals surface area contributed by atoms with Crippen molar-refractivity contribution in [3.63, 3.8) is 0 Å². The smallest absolute Gasteiger partial charge is 0.320 e. The zero-order valence-corrected chi connectivity index (χ0v) is 15.1. The van der Waals surface area contributed by atoms with Crippen LogP contribution in [-0.4, -0.2) is 48.0 Å². The molecule has 2 aliphatic rings. The van der Waals surface area contributed by atoms with Crippen molar-refractivity contribution in [2.45, 2.75) is 43.8 Å². The van der Waals surface area contributed by atoms with Gasteiger partial charge in [-0.1, -0.05) is 12.8 Å². The summed E-state index contributed by atoms with van der Waals surface area (Å²) in [5.74, 6) is 0.637. The highest BCUT2D eigenvalue weighted by atomic mass is 32.2. The second kappa shape index (κ2) is 7.71. The van der Waals surface area contributed by atoms with Gasteiger partial charge < -0.3 is 9.64 Å². The maximum Gasteiger partial charge on any atom is 0.320 e. The molecule has 0 saturated carbocycles. The summed E-state index contributed by atoms with van der Waals surface area (Å²) >= 11 is 3.24. The second-order valence-corrected chi connectivity index (χ2v) is 8.55. The van der Waals surface area contributed by atoms with Gasteiger partial charge in [-0.25, -0.2) is 0 Å². The predicted octanol–water partition coefficient (Wildman–Crippen LogP) is 3.14. The lowest BCUT2D eigenvalue weighted by atomic mass is 10.00. The van der Waals surface area contributed by atoms with Gasteiger partial charge in [-0.2, -0.15) is 0 Å². The highest BCUT2D eigenvalue weighted by Gasteiger charge is 2.31. The Kier molecular flexibility index (Phi) is 5.64. The number of carbonyl (C=O) groups is 2. The van der Waals surface area contributed by atoms with Crippen molar-refractivity contribution in [3.8, 4) is 0 Å². The van der Waals surface area contributed by atoms with Crippen molar-refractivity contribution >= 4 is 35.0 Å². The standard InChI is InChI=1S/C17H23NO3S2/c1-21-17(20)15-11-18(8-9-22-15)16(19)14-10-12-6-4-2-3-5-7-13(12)23-14/h10,15H,2-9,11H2,1H3/t15-/m0/s1. The molecule has 0 unspecified atom stereocenters. The largest absolute Gasteiger partial charge is 0.468 e. The van der Waals surface area contributed by atoms with Crippen molar-refractivity contribution in [2.75, 3.05) is 26.0 Å². The molecule has 1 aliphatic heterocycles. The van der Waals surface area contributed by atoms with E-state index in [9.17, 15) is 9.59 Å². The van der Waals surface area contributed by atoms with Crippen LogP contribution >= 0.6 is 23.1 Å². The number of thioether (sulfide) groups is 1. The fourth-order valence-corrected chi connectivity index (χ4v) is 5.56. The Labute approximate surface area is 145 Å². The molecule has 0 spiro atoms. The van der Waals surface area contributed by atoms with Gasteiger partial charge >= 0.3 is 5.97 Å². The quantitative estimate of drug-likeness (QED) is 0.767. The van der Waals surface area contributed by atoms with Gasteiger partial charge in [-0.05, 0) is 37.3 Å². The van der Waals surface area contributed by atoms with Crippen molar-refractivity contribution in [3.05, 3.63) is 21.4 Å². The van der Waals surface area contributed by atoms with Crippen LogP contribution in [0.25, 0.3) is 0 Å². The Balaban J connectivity index is 1.72. The van der Waals surface area contributed by atoms with Gasteiger partial charge in [0, 0.05) is 23.7 Å². The molecule has 1 aromatic heterocycles. The molecule has 3 rings (SSSR count). The van der Waals surface area contributed by atoms with E-state index in [1.807, 2.05) is 4.90 Å². The van der Waals surface area contributed by atoms with Gasteiger partial charge in [-0.15, -0.1) is 23.1 Å². The van der Waals surface area contributed by atoms with E-state index < -0.39 is 0 Å². The normalized spacial score (nSPS) is 22.0. The zero-order valence-electron chi connectivity index (χ0n) is 13.5. The summed E-state index contributed by atoms with van der Waals surface area (Å²) in [4.78, 5) is 28.6. The van der Waals surface area contributed by atoms with Crippen LogP contribution in [0.2, 0.25) is 0 Å². The van der Waals surface area contributed by atoms with Crippen LogP contribution in [0.3, 0.4) is 0 Å². The van der Waals surface area contributed by atoms with Gasteiger partial charge in [0.05, 0.1) is 12.0 Å². The van der Waals surface area contributed by atoms with Crippen molar-refractivity contribution in [1.82, 2.24) is 4.90 Å². The number of hydrogen-bond acceptors (Lipinski definition) is 5. The molecular formula is C17H23NO3S2. The molecule has 1 aromatic rings. The van der Waals surface area contributed by atoms with Gasteiger partial charge in [-0.3, -0.25) is 9.59 Å². The number of nitrogens with zero attached hydrogens (tertiary/aromatic N) is 1. The molecule has 0 bridgehead atoms. The molecule has 1 amide bonds. The van der Waals surface area contributed by atoms with Crippen LogP contribution in [-0.2, 0) is 22.4 Å². The number of esters is 1. The van der Waals surface area contributed by atoms with E-state index in [1.165, 1.54) is 43.2 Å². The van der Waals surface area contributed by atoms with E-state index in [-0.39, 0.29) is 17.1 Å². The molecule has 0 radical (unpaired) electrons. The topological polar surface area (TPSA) is 46.6 Å². The zero-order chi connectivity index (χ0) is 16.2. The molecular weight excluding hydrogens is 330 g/mol. The fraction of sp³-hybridized carbons (Fsp3) is 0.647. The molecule has 0 N–H and O–H groups in total. The molecule has 1 saturated heterocycles. The first-order chi connectivity index (χ1) is 11.2. The van der Waals surface area contributed by atoms with E-state index in [1.54, 1.807) is 23.1 Å². The summed E-state index contributed by atoms with van der Waals surface area (Å²) in [7, 11) is 1.41. The van der Waals surface area contributed by atoms with Crippen LogP contribution in [0.15, 0.2) is 6.07 Å². The average molecular weight is 354 g/mol. The number of thiophene rings is 1. The monoisotopic (exact) mass is 353 g/mol. The molecule has 0 aromatic carbocycles. The summed E-state index contributed by atoms with van der Waals surface area (Å²) in [5, 5.41) is -0.251. The van der Waals surface area contributed by atoms with Gasteiger partial charge in [0.15, 0.2) is 0 Å². The van der Waals surface area contributed by atoms with E-state index in [0.717, 1.165) is 23.5 Å². The van der Waals surface area contributed by atoms with Gasteiger partial charge in [0.1, 0.15) is 5.25 Å². The van der Waals surface area contributed by atoms with Crippen molar-refractivity contribution in [2.24, 2.45) is 0 Å². The SMILES string of the molecule is COC(=O)[C@@H]1CN(C(=O)c2cc3c(s2)CCCCCC3)CCS1. The van der Waals surface area contributed by atoms with E-state index in [4.69, 9.17) is 4.74 Å². The minimum atomic E-state index is -0.251. The number of methoxy groups -OCH3 is 1. The van der Waals surface area contributed by atoms with Gasteiger partial charge in [0.25, 0.3) is 5.91 Å². The van der Waals surface area contributed by atoms with Crippen molar-refractivity contribution < 1.29 is 14.3 Å². The lowest BCUT2D eigenvalue weighted by Crippen LogP contribution is -2.44. The Morgan fingerprint density at radius 2 is 2.00 bits per heavy atom. The summed E-state index contributed by atoms with van der Waals surface area (Å²) < 4.78 is 4.82. The number of aryl methyl sites for hydroxylation is 2. The highest BCUT2D eigenvalue weighted by molar-refractivity contribution is 8.00. The van der Waals surface area contributed by atoms with Crippen LogP contribution in [0.5, 0.6) is 0 Å². The van der Waals surface area contributed by atoms with Crippen LogP contribution in [0.1, 0.15) is 45.8 Å². The molecule has 1 fully saturated rings. The maximum absolute atomic E-state index is 12.8. The summed E-state index contributed by atoms with van der Waals surface area (Å²) in [5.41, 5.74) is 1.37. The first-order valence-electron chi connectivity index (χ1n) is 8.29. The number of carbonyl (C=O) groups excluding carboxylic acids is 2. The maximum atomic E-state index is 12.8. The van der Waals surface area contributed by atoms with E-state index in [0.29, 0.717) is 13.1 Å². The number of ether oxygens (including phenoxy) is 1. The third-order valence-corrected chi connectivity index (χ3v) is 6.91. The first kappa shape index (κ1) is 16.8. The Bertz CT molecular complexity index is 559. The summed E-state index contributed by atoms with van der Waals surface area (Å²) in [6.07, 6.45) is 7.25. The minimum Gasteiger partial charge on any atom is -0.468 e. The Hall–Kier alpha value is -1.01. The number of amides is 1. The second-order valence-electron chi connectivity index (χ2n) is 6.11. The van der Waals surface area contributed by atoms with Crippen LogP contribution < -0.4 is 0 Å². The lowest BCUT2D eigenvalue weighted by molar-refractivity contribution is -0.140. The molecule has 1 atom stereocenters. The average Bonchev–Trinajstić information content (AvgIpc) is 2.95. The molecule has 126 valence electrons. The van der Waals surface area contributed by atoms with E-state index in [2.05, 4.69) is 6.07 Å². The minimum absolute atomic E-state index is 0.0796. The molecule has 23 heavy (non-hydrogen) atoms.